The van der Waals surface area contributed by atoms with Gasteiger partial charge in [0.05, 0.1) is 0 Å². The Labute approximate surface area is 149 Å². The quantitative estimate of drug-likeness (QED) is 0.742. The number of rotatable bonds is 3. The summed E-state index contributed by atoms with van der Waals surface area (Å²) in [5, 5.41) is 13.0. The zero-order valence-corrected chi connectivity index (χ0v) is 14.8. The standard InChI is InChI=1S/C23H23NO/c1-24(2)15-19-12-11-18-13-16-7-3-4-8-17(16)14-21(18)23(19)20-9-5-6-10-22(20)25/h3-10,13-14,25H,11-12,15H2,1-2H3. The summed E-state index contributed by atoms with van der Waals surface area (Å²) in [6.07, 6.45) is 2.09. The number of para-hydroxylation sites is 1. The second-order valence-corrected chi connectivity index (χ2v) is 7.09. The predicted octanol–water partition coefficient (Wildman–Crippen LogP) is 4.86. The van der Waals surface area contributed by atoms with Gasteiger partial charge in [-0.25, -0.2) is 0 Å². The van der Waals surface area contributed by atoms with Crippen LogP contribution in [-0.2, 0) is 6.42 Å². The first-order valence-corrected chi connectivity index (χ1v) is 8.80. The van der Waals surface area contributed by atoms with Gasteiger partial charge >= 0.3 is 0 Å². The number of phenols is 1. The van der Waals surface area contributed by atoms with E-state index in [9.17, 15) is 5.11 Å². The van der Waals surface area contributed by atoms with Crippen LogP contribution in [0.3, 0.4) is 0 Å². The minimum absolute atomic E-state index is 0.356. The molecule has 0 spiro atoms. The van der Waals surface area contributed by atoms with E-state index in [1.807, 2.05) is 18.2 Å². The molecule has 1 N–H and O–H groups in total. The predicted molar refractivity (Wildman–Crippen MR) is 105 cm³/mol. The maximum atomic E-state index is 10.5. The van der Waals surface area contributed by atoms with Gasteiger partial charge in [-0.2, -0.15) is 0 Å². The summed E-state index contributed by atoms with van der Waals surface area (Å²) in [4.78, 5) is 2.21. The summed E-state index contributed by atoms with van der Waals surface area (Å²) < 4.78 is 0. The number of hydrogen-bond donors (Lipinski definition) is 1. The summed E-state index contributed by atoms with van der Waals surface area (Å²) >= 11 is 0. The third-order valence-corrected chi connectivity index (χ3v) is 4.97. The molecule has 2 heteroatoms. The van der Waals surface area contributed by atoms with Crippen LogP contribution < -0.4 is 0 Å². The van der Waals surface area contributed by atoms with Crippen molar-refractivity contribution in [2.24, 2.45) is 0 Å². The van der Waals surface area contributed by atoms with E-state index in [2.05, 4.69) is 55.4 Å². The van der Waals surface area contributed by atoms with Crippen LogP contribution >= 0.6 is 0 Å². The Kier molecular flexibility index (Phi) is 4.06. The SMILES string of the molecule is CN(C)CC1=C(c2ccccc2O)c2cc3ccccc3cc2CC1. The van der Waals surface area contributed by atoms with Gasteiger partial charge in [0.1, 0.15) is 5.75 Å². The van der Waals surface area contributed by atoms with Crippen LogP contribution in [0.4, 0.5) is 0 Å². The van der Waals surface area contributed by atoms with Gasteiger partial charge in [0.15, 0.2) is 0 Å². The lowest BCUT2D eigenvalue weighted by Crippen LogP contribution is -2.19. The van der Waals surface area contributed by atoms with E-state index >= 15 is 0 Å². The molecule has 0 bridgehead atoms. The molecule has 0 fully saturated rings. The fourth-order valence-electron chi connectivity index (χ4n) is 3.89. The molecule has 0 heterocycles. The van der Waals surface area contributed by atoms with Crippen molar-refractivity contribution in [3.8, 4) is 5.75 Å². The summed E-state index contributed by atoms with van der Waals surface area (Å²) in [6.45, 7) is 0.913. The topological polar surface area (TPSA) is 23.5 Å². The second kappa shape index (κ2) is 6.38. The van der Waals surface area contributed by atoms with Crippen molar-refractivity contribution in [1.29, 1.82) is 0 Å². The lowest BCUT2D eigenvalue weighted by molar-refractivity contribution is 0.438. The van der Waals surface area contributed by atoms with Gasteiger partial charge in [0.25, 0.3) is 0 Å². The highest BCUT2D eigenvalue weighted by Crippen LogP contribution is 2.41. The molecule has 0 atom stereocenters. The zero-order chi connectivity index (χ0) is 17.4. The molecule has 3 aromatic carbocycles. The molecule has 0 unspecified atom stereocenters. The number of likely N-dealkylation sites (N-methyl/N-ethyl adjacent to an activating group) is 1. The van der Waals surface area contributed by atoms with Crippen molar-refractivity contribution in [3.05, 3.63) is 82.9 Å². The average Bonchev–Trinajstić information content (AvgIpc) is 2.60. The Balaban J connectivity index is 1.99. The van der Waals surface area contributed by atoms with Gasteiger partial charge in [-0.15, -0.1) is 0 Å². The van der Waals surface area contributed by atoms with Crippen molar-refractivity contribution in [2.75, 3.05) is 20.6 Å². The summed E-state index contributed by atoms with van der Waals surface area (Å²) in [5.74, 6) is 0.356. The van der Waals surface area contributed by atoms with Crippen LogP contribution in [-0.4, -0.2) is 30.6 Å². The van der Waals surface area contributed by atoms with Crippen LogP contribution in [0.1, 0.15) is 23.1 Å². The van der Waals surface area contributed by atoms with Crippen molar-refractivity contribution in [2.45, 2.75) is 12.8 Å². The van der Waals surface area contributed by atoms with Crippen molar-refractivity contribution < 1.29 is 5.11 Å². The number of aryl methyl sites for hydroxylation is 1. The lowest BCUT2D eigenvalue weighted by atomic mass is 9.80. The number of nitrogens with zero attached hydrogens (tertiary/aromatic N) is 1. The molecule has 0 aromatic heterocycles. The van der Waals surface area contributed by atoms with Crippen molar-refractivity contribution in [1.82, 2.24) is 4.90 Å². The van der Waals surface area contributed by atoms with Crippen LogP contribution in [0.2, 0.25) is 0 Å². The summed E-state index contributed by atoms with van der Waals surface area (Å²) in [6, 6.07) is 20.8. The van der Waals surface area contributed by atoms with Crippen molar-refractivity contribution >= 4 is 16.3 Å². The molecule has 126 valence electrons. The number of aromatic hydroxyl groups is 1. The number of benzene rings is 3. The first-order valence-electron chi connectivity index (χ1n) is 8.80. The fourth-order valence-corrected chi connectivity index (χ4v) is 3.89. The molecule has 0 aliphatic heterocycles. The van der Waals surface area contributed by atoms with Crippen LogP contribution in [0.15, 0.2) is 66.2 Å². The molecule has 1 aliphatic carbocycles. The first-order chi connectivity index (χ1) is 12.1. The second-order valence-electron chi connectivity index (χ2n) is 7.09. The molecule has 1 aliphatic rings. The summed E-state index contributed by atoms with van der Waals surface area (Å²) in [7, 11) is 4.21. The van der Waals surface area contributed by atoms with E-state index in [0.717, 1.165) is 24.9 Å². The third kappa shape index (κ3) is 2.94. The average molecular weight is 329 g/mol. The van der Waals surface area contributed by atoms with E-state index in [1.165, 1.54) is 33.0 Å². The first kappa shape index (κ1) is 15.9. The van der Waals surface area contributed by atoms with E-state index in [0.29, 0.717) is 5.75 Å². The monoisotopic (exact) mass is 329 g/mol. The number of phenolic OH excluding ortho intramolecular Hbond substituents is 1. The maximum absolute atomic E-state index is 10.5. The highest BCUT2D eigenvalue weighted by Gasteiger charge is 2.23. The van der Waals surface area contributed by atoms with Gasteiger partial charge in [-0.3, -0.25) is 0 Å². The molecule has 0 saturated carbocycles. The molecule has 0 saturated heterocycles. The minimum atomic E-state index is 0.356. The van der Waals surface area contributed by atoms with E-state index in [-0.39, 0.29) is 0 Å². The van der Waals surface area contributed by atoms with Gasteiger partial charge in [0.2, 0.25) is 0 Å². The zero-order valence-electron chi connectivity index (χ0n) is 14.8. The van der Waals surface area contributed by atoms with Crippen LogP contribution in [0.5, 0.6) is 5.75 Å². The highest BCUT2D eigenvalue weighted by atomic mass is 16.3. The molecular formula is C23H23NO. The molecular weight excluding hydrogens is 306 g/mol. The molecule has 25 heavy (non-hydrogen) atoms. The lowest BCUT2D eigenvalue weighted by Gasteiger charge is -2.27. The van der Waals surface area contributed by atoms with Gasteiger partial charge in [-0.1, -0.05) is 48.5 Å². The fraction of sp³-hybridized carbons (Fsp3) is 0.217. The van der Waals surface area contributed by atoms with Crippen molar-refractivity contribution in [3.63, 3.8) is 0 Å². The van der Waals surface area contributed by atoms with Gasteiger partial charge in [0, 0.05) is 12.1 Å². The summed E-state index contributed by atoms with van der Waals surface area (Å²) in [5.41, 5.74) is 6.19. The van der Waals surface area contributed by atoms with Crippen LogP contribution in [0.25, 0.3) is 16.3 Å². The Morgan fingerprint density at radius 1 is 0.840 bits per heavy atom. The maximum Gasteiger partial charge on any atom is 0.123 e. The third-order valence-electron chi connectivity index (χ3n) is 4.97. The normalized spacial score (nSPS) is 14.2. The van der Waals surface area contributed by atoms with Crippen LogP contribution in [0, 0.1) is 0 Å². The van der Waals surface area contributed by atoms with E-state index in [1.54, 1.807) is 6.07 Å². The minimum Gasteiger partial charge on any atom is -0.507 e. The Bertz CT molecular complexity index is 969. The Morgan fingerprint density at radius 3 is 2.24 bits per heavy atom. The Hall–Kier alpha value is -2.58. The molecule has 0 amide bonds. The van der Waals surface area contributed by atoms with E-state index < -0.39 is 0 Å². The molecule has 4 rings (SSSR count). The Morgan fingerprint density at radius 2 is 1.52 bits per heavy atom. The smallest absolute Gasteiger partial charge is 0.123 e. The van der Waals surface area contributed by atoms with Gasteiger partial charge < -0.3 is 10.0 Å². The van der Waals surface area contributed by atoms with Gasteiger partial charge in [-0.05, 0) is 72.1 Å². The largest absolute Gasteiger partial charge is 0.507 e. The number of fused-ring (bicyclic) bond motifs is 2. The highest BCUT2D eigenvalue weighted by molar-refractivity contribution is 5.94. The molecule has 3 aromatic rings. The molecule has 2 nitrogen and oxygen atoms in total. The molecule has 0 radical (unpaired) electrons. The van der Waals surface area contributed by atoms with E-state index in [4.69, 9.17) is 0 Å². The number of hydrogen-bond acceptors (Lipinski definition) is 2.